The summed E-state index contributed by atoms with van der Waals surface area (Å²) in [6.07, 6.45) is 0.540. The molecular weight excluding hydrogens is 398 g/mol. The van der Waals surface area contributed by atoms with E-state index in [9.17, 15) is 4.79 Å². The van der Waals surface area contributed by atoms with Gasteiger partial charge in [0.1, 0.15) is 0 Å². The molecule has 0 bridgehead atoms. The van der Waals surface area contributed by atoms with Crippen molar-refractivity contribution in [2.24, 2.45) is 0 Å². The third-order valence-corrected chi connectivity index (χ3v) is 4.84. The number of hydrogen-bond donors (Lipinski definition) is 3. The van der Waals surface area contributed by atoms with Gasteiger partial charge in [-0.25, -0.2) is 9.59 Å². The Bertz CT molecular complexity index is 861. The van der Waals surface area contributed by atoms with Crippen LogP contribution in [-0.4, -0.2) is 65.7 Å². The summed E-state index contributed by atoms with van der Waals surface area (Å²) in [5, 5.41) is 17.8. The van der Waals surface area contributed by atoms with Gasteiger partial charge in [-0.05, 0) is 49.2 Å². The van der Waals surface area contributed by atoms with Crippen molar-refractivity contribution < 1.29 is 24.6 Å². The molecule has 0 aliphatic carbocycles. The molecule has 166 valence electrons. The number of aryl methyl sites for hydroxylation is 2. The van der Waals surface area contributed by atoms with Crippen molar-refractivity contribution in [3.63, 3.8) is 0 Å². The predicted molar refractivity (Wildman–Crippen MR) is 120 cm³/mol. The molecule has 0 spiro atoms. The van der Waals surface area contributed by atoms with Crippen LogP contribution in [0.25, 0.3) is 0 Å². The summed E-state index contributed by atoms with van der Waals surface area (Å²) < 4.78 is 0. The Morgan fingerprint density at radius 2 is 1.42 bits per heavy atom. The first-order chi connectivity index (χ1) is 14.7. The summed E-state index contributed by atoms with van der Waals surface area (Å²) >= 11 is 0. The number of anilines is 2. The molecule has 1 aliphatic heterocycles. The molecule has 1 saturated heterocycles. The fourth-order valence-electron chi connectivity index (χ4n) is 3.40. The van der Waals surface area contributed by atoms with E-state index in [0.717, 1.165) is 38.4 Å². The van der Waals surface area contributed by atoms with Gasteiger partial charge in [0.2, 0.25) is 5.91 Å². The van der Waals surface area contributed by atoms with Gasteiger partial charge in [-0.1, -0.05) is 24.3 Å². The van der Waals surface area contributed by atoms with Crippen LogP contribution in [-0.2, 0) is 14.4 Å². The van der Waals surface area contributed by atoms with E-state index in [1.54, 1.807) is 0 Å². The average Bonchev–Trinajstić information content (AvgIpc) is 2.73. The van der Waals surface area contributed by atoms with Crippen molar-refractivity contribution in [3.8, 4) is 0 Å². The summed E-state index contributed by atoms with van der Waals surface area (Å²) in [5.41, 5.74) is 4.53. The number of carboxylic acids is 2. The van der Waals surface area contributed by atoms with Gasteiger partial charge in [0.15, 0.2) is 0 Å². The van der Waals surface area contributed by atoms with Crippen molar-refractivity contribution in [2.45, 2.75) is 20.3 Å². The van der Waals surface area contributed by atoms with E-state index in [4.69, 9.17) is 19.8 Å². The topological polar surface area (TPSA) is 110 Å². The van der Waals surface area contributed by atoms with Gasteiger partial charge in [-0.3, -0.25) is 9.69 Å². The molecular formula is C23H29N3O5. The number of carbonyl (C=O) groups excluding carboxylic acids is 1. The Labute approximate surface area is 182 Å². The van der Waals surface area contributed by atoms with Crippen LogP contribution < -0.4 is 10.2 Å². The number of rotatable bonds is 5. The summed E-state index contributed by atoms with van der Waals surface area (Å²) in [7, 11) is 0. The van der Waals surface area contributed by atoms with E-state index in [1.807, 2.05) is 18.2 Å². The minimum Gasteiger partial charge on any atom is -0.473 e. The molecule has 2 aromatic carbocycles. The van der Waals surface area contributed by atoms with E-state index in [2.05, 4.69) is 59.3 Å². The Balaban J connectivity index is 0.000000501. The number of piperazine rings is 1. The zero-order valence-corrected chi connectivity index (χ0v) is 17.9. The Kier molecular flexibility index (Phi) is 9.02. The van der Waals surface area contributed by atoms with Gasteiger partial charge in [0.25, 0.3) is 0 Å². The molecule has 31 heavy (non-hydrogen) atoms. The fourth-order valence-corrected chi connectivity index (χ4v) is 3.40. The number of nitrogens with one attached hydrogen (secondary N) is 1. The Hall–Kier alpha value is -3.39. The van der Waals surface area contributed by atoms with Gasteiger partial charge >= 0.3 is 11.9 Å². The lowest BCUT2D eigenvalue weighted by atomic mass is 10.1. The first-order valence-electron chi connectivity index (χ1n) is 10.1. The SMILES string of the molecule is Cc1cc(C)cc(NC(=O)CCN2CCN(c3ccccc3)CC2)c1.O=C(O)C(=O)O. The minimum atomic E-state index is -1.82. The van der Waals surface area contributed by atoms with Crippen LogP contribution in [0.4, 0.5) is 11.4 Å². The fraction of sp³-hybridized carbons (Fsp3) is 0.348. The highest BCUT2D eigenvalue weighted by molar-refractivity contribution is 6.27. The molecule has 1 aliphatic rings. The Morgan fingerprint density at radius 3 is 1.94 bits per heavy atom. The normalized spacial score (nSPS) is 13.7. The molecule has 3 N–H and O–H groups in total. The molecule has 8 heteroatoms. The quantitative estimate of drug-likeness (QED) is 0.629. The van der Waals surface area contributed by atoms with Crippen LogP contribution in [0.1, 0.15) is 17.5 Å². The van der Waals surface area contributed by atoms with Crippen molar-refractivity contribution in [1.82, 2.24) is 4.90 Å². The summed E-state index contributed by atoms with van der Waals surface area (Å²) in [4.78, 5) is 35.2. The van der Waals surface area contributed by atoms with E-state index >= 15 is 0 Å². The maximum absolute atomic E-state index is 12.2. The number of para-hydroxylation sites is 1. The number of carboxylic acid groups (broad SMARTS) is 2. The van der Waals surface area contributed by atoms with Crippen molar-refractivity contribution >= 4 is 29.2 Å². The van der Waals surface area contributed by atoms with Gasteiger partial charge in [-0.2, -0.15) is 0 Å². The largest absolute Gasteiger partial charge is 0.473 e. The first kappa shape index (κ1) is 23.9. The van der Waals surface area contributed by atoms with Crippen LogP contribution in [0.3, 0.4) is 0 Å². The second kappa shape index (κ2) is 11.7. The molecule has 3 rings (SSSR count). The molecule has 0 radical (unpaired) electrons. The molecule has 2 aromatic rings. The number of benzene rings is 2. The van der Waals surface area contributed by atoms with Gasteiger partial charge in [0, 0.05) is 50.5 Å². The van der Waals surface area contributed by atoms with Gasteiger partial charge < -0.3 is 20.4 Å². The molecule has 0 aromatic heterocycles. The van der Waals surface area contributed by atoms with E-state index in [0.29, 0.717) is 6.42 Å². The molecule has 1 amide bonds. The first-order valence-corrected chi connectivity index (χ1v) is 10.1. The minimum absolute atomic E-state index is 0.0930. The van der Waals surface area contributed by atoms with Gasteiger partial charge in [0.05, 0.1) is 0 Å². The third kappa shape index (κ3) is 8.47. The average molecular weight is 428 g/mol. The maximum Gasteiger partial charge on any atom is 0.414 e. The maximum atomic E-state index is 12.2. The molecule has 1 fully saturated rings. The van der Waals surface area contributed by atoms with Crippen LogP contribution in [0.15, 0.2) is 48.5 Å². The van der Waals surface area contributed by atoms with Crippen molar-refractivity contribution in [3.05, 3.63) is 59.7 Å². The molecule has 0 atom stereocenters. The summed E-state index contributed by atoms with van der Waals surface area (Å²) in [6, 6.07) is 16.7. The second-order valence-electron chi connectivity index (χ2n) is 7.45. The predicted octanol–water partition coefficient (Wildman–Crippen LogP) is 2.61. The third-order valence-electron chi connectivity index (χ3n) is 4.84. The molecule has 8 nitrogen and oxygen atoms in total. The highest BCUT2D eigenvalue weighted by Crippen LogP contribution is 2.16. The number of carbonyl (C=O) groups is 3. The molecule has 0 unspecified atom stereocenters. The highest BCUT2D eigenvalue weighted by atomic mass is 16.4. The Morgan fingerprint density at radius 1 is 0.871 bits per heavy atom. The lowest BCUT2D eigenvalue weighted by molar-refractivity contribution is -0.159. The molecule has 0 saturated carbocycles. The second-order valence-corrected chi connectivity index (χ2v) is 7.45. The van der Waals surface area contributed by atoms with Gasteiger partial charge in [-0.15, -0.1) is 0 Å². The lowest BCUT2D eigenvalue weighted by Gasteiger charge is -2.36. The summed E-state index contributed by atoms with van der Waals surface area (Å²) in [5.74, 6) is -3.56. The number of nitrogens with zero attached hydrogens (tertiary/aromatic N) is 2. The smallest absolute Gasteiger partial charge is 0.414 e. The number of hydrogen-bond acceptors (Lipinski definition) is 5. The monoisotopic (exact) mass is 427 g/mol. The highest BCUT2D eigenvalue weighted by Gasteiger charge is 2.17. The zero-order chi connectivity index (χ0) is 22.8. The van der Waals surface area contributed by atoms with E-state index < -0.39 is 11.9 Å². The van der Waals surface area contributed by atoms with Crippen LogP contribution >= 0.6 is 0 Å². The molecule has 1 heterocycles. The number of amides is 1. The van der Waals surface area contributed by atoms with Crippen molar-refractivity contribution in [1.29, 1.82) is 0 Å². The van der Waals surface area contributed by atoms with E-state index in [-0.39, 0.29) is 5.91 Å². The van der Waals surface area contributed by atoms with Crippen LogP contribution in [0.2, 0.25) is 0 Å². The summed E-state index contributed by atoms with van der Waals surface area (Å²) in [6.45, 7) is 8.96. The van der Waals surface area contributed by atoms with Crippen molar-refractivity contribution in [2.75, 3.05) is 42.9 Å². The zero-order valence-electron chi connectivity index (χ0n) is 17.9. The lowest BCUT2D eigenvalue weighted by Crippen LogP contribution is -2.47. The number of aliphatic carboxylic acids is 2. The van der Waals surface area contributed by atoms with Crippen LogP contribution in [0, 0.1) is 13.8 Å². The van der Waals surface area contributed by atoms with E-state index in [1.165, 1.54) is 16.8 Å². The van der Waals surface area contributed by atoms with Crippen LogP contribution in [0.5, 0.6) is 0 Å². The standard InChI is InChI=1S/C21H27N3O.C2H2O4/c1-17-14-18(2)16-19(15-17)22-21(25)8-9-23-10-12-24(13-11-23)20-6-4-3-5-7-20;3-1(4)2(5)6/h3-7,14-16H,8-13H2,1-2H3,(H,22,25);(H,3,4)(H,5,6).